The Morgan fingerprint density at radius 3 is 1.82 bits per heavy atom. The van der Waals surface area contributed by atoms with Gasteiger partial charge in [0.1, 0.15) is 0 Å². The van der Waals surface area contributed by atoms with Gasteiger partial charge in [-0.05, 0) is 49.9 Å². The third-order valence-corrected chi connectivity index (χ3v) is 6.07. The van der Waals surface area contributed by atoms with Gasteiger partial charge >= 0.3 is 12.4 Å². The van der Waals surface area contributed by atoms with Crippen molar-refractivity contribution >= 4 is 0 Å². The van der Waals surface area contributed by atoms with Crippen molar-refractivity contribution in [2.75, 3.05) is 0 Å². The molecule has 2 fully saturated rings. The highest BCUT2D eigenvalue weighted by Gasteiger charge is 2.77. The first-order valence-electron chi connectivity index (χ1n) is 7.71. The first-order valence-corrected chi connectivity index (χ1v) is 7.71. The van der Waals surface area contributed by atoms with Crippen molar-refractivity contribution in [2.24, 2.45) is 23.2 Å². The van der Waals surface area contributed by atoms with Gasteiger partial charge in [-0.25, -0.2) is 0 Å². The summed E-state index contributed by atoms with van der Waals surface area (Å²) in [5, 5.41) is 9.78. The molecule has 130 valence electrons. The van der Waals surface area contributed by atoms with Crippen LogP contribution in [0.1, 0.15) is 52.4 Å². The topological polar surface area (TPSA) is 20.2 Å². The summed E-state index contributed by atoms with van der Waals surface area (Å²) < 4.78 is 79.0. The second-order valence-electron chi connectivity index (χ2n) is 7.26. The van der Waals surface area contributed by atoms with E-state index in [9.17, 15) is 31.4 Å². The Morgan fingerprint density at radius 2 is 1.50 bits per heavy atom. The lowest BCUT2D eigenvalue weighted by Crippen LogP contribution is -2.66. The fourth-order valence-electron chi connectivity index (χ4n) is 4.60. The fourth-order valence-corrected chi connectivity index (χ4v) is 4.60. The van der Waals surface area contributed by atoms with Crippen LogP contribution in [0.15, 0.2) is 0 Å². The van der Waals surface area contributed by atoms with E-state index in [-0.39, 0.29) is 24.7 Å². The summed E-state index contributed by atoms with van der Waals surface area (Å²) in [5.74, 6) is 0.488. The Kier molecular flexibility index (Phi) is 4.29. The van der Waals surface area contributed by atoms with E-state index in [2.05, 4.69) is 0 Å². The van der Waals surface area contributed by atoms with Gasteiger partial charge < -0.3 is 5.11 Å². The number of hydrogen-bond acceptors (Lipinski definition) is 1. The van der Waals surface area contributed by atoms with Crippen LogP contribution in [-0.4, -0.2) is 23.1 Å². The Balaban J connectivity index is 2.33. The Labute approximate surface area is 126 Å². The standard InChI is InChI=1S/C15H22F6O/c1-3-12(2,8-11-7-9-4-5-10(11)6-9)13(22,14(16,17)18)15(19,20)21/h9-11,22H,3-8H2,1-2H3. The van der Waals surface area contributed by atoms with Crippen LogP contribution in [0.3, 0.4) is 0 Å². The normalized spacial score (nSPS) is 32.3. The van der Waals surface area contributed by atoms with E-state index < -0.39 is 23.4 Å². The molecule has 0 aromatic heterocycles. The third-order valence-electron chi connectivity index (χ3n) is 6.07. The summed E-state index contributed by atoms with van der Waals surface area (Å²) in [5.41, 5.74) is -6.93. The van der Waals surface area contributed by atoms with Gasteiger partial charge in [-0.3, -0.25) is 0 Å². The van der Waals surface area contributed by atoms with Gasteiger partial charge in [0.15, 0.2) is 0 Å². The van der Waals surface area contributed by atoms with Crippen LogP contribution in [0.4, 0.5) is 26.3 Å². The Morgan fingerprint density at radius 1 is 0.955 bits per heavy atom. The zero-order chi connectivity index (χ0) is 17.0. The van der Waals surface area contributed by atoms with Crippen molar-refractivity contribution in [2.45, 2.75) is 70.3 Å². The molecule has 0 saturated heterocycles. The van der Waals surface area contributed by atoms with E-state index >= 15 is 0 Å². The van der Waals surface area contributed by atoms with E-state index in [1.807, 2.05) is 0 Å². The molecule has 1 nitrogen and oxygen atoms in total. The lowest BCUT2D eigenvalue weighted by molar-refractivity contribution is -0.404. The lowest BCUT2D eigenvalue weighted by Gasteiger charge is -2.48. The van der Waals surface area contributed by atoms with Crippen molar-refractivity contribution < 1.29 is 31.4 Å². The summed E-state index contributed by atoms with van der Waals surface area (Å²) in [7, 11) is 0. The number of alkyl halides is 6. The summed E-state index contributed by atoms with van der Waals surface area (Å²) in [6, 6.07) is 0. The van der Waals surface area contributed by atoms with Crippen LogP contribution >= 0.6 is 0 Å². The minimum Gasteiger partial charge on any atom is -0.373 e. The molecule has 4 unspecified atom stereocenters. The molecule has 1 N–H and O–H groups in total. The molecule has 2 bridgehead atoms. The van der Waals surface area contributed by atoms with Gasteiger partial charge in [-0.15, -0.1) is 0 Å². The highest BCUT2D eigenvalue weighted by atomic mass is 19.4. The van der Waals surface area contributed by atoms with Crippen molar-refractivity contribution in [1.29, 1.82) is 0 Å². The van der Waals surface area contributed by atoms with Crippen LogP contribution in [0, 0.1) is 23.2 Å². The van der Waals surface area contributed by atoms with Crippen LogP contribution < -0.4 is 0 Å². The maximum atomic E-state index is 13.2. The number of aliphatic hydroxyl groups is 1. The monoisotopic (exact) mass is 332 g/mol. The molecule has 2 saturated carbocycles. The van der Waals surface area contributed by atoms with E-state index in [4.69, 9.17) is 0 Å². The van der Waals surface area contributed by atoms with Crippen molar-refractivity contribution in [3.05, 3.63) is 0 Å². The van der Waals surface area contributed by atoms with Crippen LogP contribution in [0.2, 0.25) is 0 Å². The molecule has 2 aliphatic rings. The molecule has 0 aliphatic heterocycles. The summed E-state index contributed by atoms with van der Waals surface area (Å²) in [6.45, 7) is 2.22. The van der Waals surface area contributed by atoms with Crippen molar-refractivity contribution in [1.82, 2.24) is 0 Å². The molecule has 0 aromatic carbocycles. The second kappa shape index (κ2) is 5.28. The quantitative estimate of drug-likeness (QED) is 0.712. The molecular weight excluding hydrogens is 310 g/mol. The zero-order valence-electron chi connectivity index (χ0n) is 12.7. The molecule has 2 rings (SSSR count). The Bertz CT molecular complexity index is 401. The van der Waals surface area contributed by atoms with Gasteiger partial charge in [0.05, 0.1) is 0 Å². The molecular formula is C15H22F6O. The van der Waals surface area contributed by atoms with Crippen LogP contribution in [0.5, 0.6) is 0 Å². The lowest BCUT2D eigenvalue weighted by atomic mass is 9.63. The first-order chi connectivity index (χ1) is 9.86. The van der Waals surface area contributed by atoms with Gasteiger partial charge in [-0.2, -0.15) is 26.3 Å². The number of rotatable bonds is 4. The largest absolute Gasteiger partial charge is 0.426 e. The molecule has 4 atom stereocenters. The first kappa shape index (κ1) is 17.9. The molecule has 0 heterocycles. The number of halogens is 6. The smallest absolute Gasteiger partial charge is 0.373 e. The van der Waals surface area contributed by atoms with Gasteiger partial charge in [-0.1, -0.05) is 20.3 Å². The van der Waals surface area contributed by atoms with Crippen LogP contribution in [-0.2, 0) is 0 Å². The van der Waals surface area contributed by atoms with Gasteiger partial charge in [0, 0.05) is 5.41 Å². The SMILES string of the molecule is CCC(C)(CC1CC2CCC1C2)C(O)(C(F)(F)F)C(F)(F)F. The van der Waals surface area contributed by atoms with Crippen molar-refractivity contribution in [3.63, 3.8) is 0 Å². The molecule has 7 heteroatoms. The molecule has 22 heavy (non-hydrogen) atoms. The zero-order valence-corrected chi connectivity index (χ0v) is 12.7. The highest BCUT2D eigenvalue weighted by Crippen LogP contribution is 2.60. The fraction of sp³-hybridized carbons (Fsp3) is 1.00. The predicted molar refractivity (Wildman–Crippen MR) is 69.0 cm³/mol. The van der Waals surface area contributed by atoms with Crippen molar-refractivity contribution in [3.8, 4) is 0 Å². The van der Waals surface area contributed by atoms with E-state index in [0.717, 1.165) is 26.2 Å². The molecule has 0 amide bonds. The summed E-state index contributed by atoms with van der Waals surface area (Å²) >= 11 is 0. The van der Waals surface area contributed by atoms with E-state index in [0.29, 0.717) is 12.3 Å². The number of hydrogen-bond donors (Lipinski definition) is 1. The van der Waals surface area contributed by atoms with E-state index in [1.165, 1.54) is 6.92 Å². The second-order valence-corrected chi connectivity index (χ2v) is 7.26. The molecule has 2 aliphatic carbocycles. The third kappa shape index (κ3) is 2.53. The van der Waals surface area contributed by atoms with Crippen LogP contribution in [0.25, 0.3) is 0 Å². The Hall–Kier alpha value is -0.460. The summed E-state index contributed by atoms with van der Waals surface area (Å²) in [6.07, 6.45) is -8.61. The highest BCUT2D eigenvalue weighted by molar-refractivity contribution is 5.07. The molecule has 0 spiro atoms. The van der Waals surface area contributed by atoms with E-state index in [1.54, 1.807) is 0 Å². The minimum absolute atomic E-state index is 0.153. The molecule has 0 radical (unpaired) electrons. The van der Waals surface area contributed by atoms with Gasteiger partial charge in [0.2, 0.25) is 0 Å². The maximum Gasteiger partial charge on any atom is 0.426 e. The average Bonchev–Trinajstić information content (AvgIpc) is 2.96. The molecule has 0 aromatic rings. The number of fused-ring (bicyclic) bond motifs is 2. The van der Waals surface area contributed by atoms with Gasteiger partial charge in [0.25, 0.3) is 5.60 Å². The minimum atomic E-state index is -5.74. The summed E-state index contributed by atoms with van der Waals surface area (Å²) in [4.78, 5) is 0. The predicted octanol–water partition coefficient (Wildman–Crippen LogP) is 5.08. The maximum absolute atomic E-state index is 13.2. The average molecular weight is 332 g/mol.